The molecule has 0 aliphatic heterocycles. The Balaban J connectivity index is 3.99. The van der Waals surface area contributed by atoms with Crippen molar-refractivity contribution in [1.29, 1.82) is 0 Å². The summed E-state index contributed by atoms with van der Waals surface area (Å²) in [6, 6.07) is -1.97. The van der Waals surface area contributed by atoms with Crippen LogP contribution in [0.1, 0.15) is 19.3 Å². The summed E-state index contributed by atoms with van der Waals surface area (Å²) in [6.07, 6.45) is -0.422. The second-order valence-electron chi connectivity index (χ2n) is 3.22. The van der Waals surface area contributed by atoms with Gasteiger partial charge in [-0.1, -0.05) is 0 Å². The molecule has 0 fully saturated rings. The smallest absolute Gasteiger partial charge is 0.303 e. The lowest BCUT2D eigenvalue weighted by molar-refractivity contribution is -0.137. The van der Waals surface area contributed by atoms with Crippen molar-refractivity contribution in [2.45, 2.75) is 31.3 Å². The molecule has 2 atom stereocenters. The molecule has 0 radical (unpaired) electrons. The Morgan fingerprint density at radius 1 is 1.13 bits per heavy atom. The molecule has 0 aliphatic carbocycles. The van der Waals surface area contributed by atoms with E-state index in [1.165, 1.54) is 0 Å². The number of carboxylic acid groups (broad SMARTS) is 1. The molecule has 15 heavy (non-hydrogen) atoms. The first kappa shape index (κ1) is 13.5. The summed E-state index contributed by atoms with van der Waals surface area (Å²) in [4.78, 5) is 32.0. The van der Waals surface area contributed by atoms with Crippen LogP contribution < -0.4 is 17.2 Å². The van der Waals surface area contributed by atoms with E-state index in [0.29, 0.717) is 0 Å². The van der Waals surface area contributed by atoms with Crippen LogP contribution in [0.4, 0.5) is 0 Å². The Bertz CT molecular complexity index is 267. The van der Waals surface area contributed by atoms with E-state index in [-0.39, 0.29) is 19.3 Å². The highest BCUT2D eigenvalue weighted by Gasteiger charge is 2.20. The van der Waals surface area contributed by atoms with Gasteiger partial charge in [-0.05, 0) is 6.42 Å². The lowest BCUT2D eigenvalue weighted by atomic mass is 10.0. The summed E-state index contributed by atoms with van der Waals surface area (Å²) in [5, 5.41) is 8.35. The van der Waals surface area contributed by atoms with E-state index in [4.69, 9.17) is 22.3 Å². The third-order valence-electron chi connectivity index (χ3n) is 1.87. The molecule has 7 nitrogen and oxygen atoms in total. The van der Waals surface area contributed by atoms with Gasteiger partial charge in [0.2, 0.25) is 5.91 Å². The zero-order valence-electron chi connectivity index (χ0n) is 8.18. The van der Waals surface area contributed by atoms with Crippen LogP contribution in [0.5, 0.6) is 0 Å². The number of hydrogen-bond donors (Lipinski definition) is 4. The van der Waals surface area contributed by atoms with Gasteiger partial charge in [0.15, 0.2) is 5.78 Å². The minimum atomic E-state index is -1.06. The molecular weight excluding hydrogens is 202 g/mol. The van der Waals surface area contributed by atoms with E-state index in [1.54, 1.807) is 0 Å². The molecule has 0 rings (SSSR count). The quantitative estimate of drug-likeness (QED) is 0.385. The Kier molecular flexibility index (Phi) is 5.50. The van der Waals surface area contributed by atoms with E-state index < -0.39 is 29.7 Å². The second kappa shape index (κ2) is 6.10. The highest BCUT2D eigenvalue weighted by molar-refractivity contribution is 5.90. The highest BCUT2D eigenvalue weighted by atomic mass is 16.4. The average molecular weight is 217 g/mol. The first-order valence-electron chi connectivity index (χ1n) is 4.39. The zero-order chi connectivity index (χ0) is 12.0. The standard InChI is InChI=1S/C8H15N3O4/c9-4(1-2-7(13)14)6(12)3-5(10)8(11)15/h4-5H,1-3,9-10H2,(H2,11,15)(H,13,14)/t4-,5+/m0/s1. The van der Waals surface area contributed by atoms with Crippen molar-refractivity contribution in [3.8, 4) is 0 Å². The van der Waals surface area contributed by atoms with Crippen molar-refractivity contribution in [2.24, 2.45) is 17.2 Å². The molecule has 0 spiro atoms. The minimum Gasteiger partial charge on any atom is -0.481 e. The summed E-state index contributed by atoms with van der Waals surface area (Å²) in [5.74, 6) is -2.27. The number of aliphatic carboxylic acids is 1. The number of hydrogen-bond acceptors (Lipinski definition) is 5. The van der Waals surface area contributed by atoms with E-state index >= 15 is 0 Å². The molecule has 1 amide bonds. The Labute approximate surface area is 86.6 Å². The molecule has 0 heterocycles. The molecule has 86 valence electrons. The van der Waals surface area contributed by atoms with Crippen LogP contribution >= 0.6 is 0 Å². The molecule has 7 heteroatoms. The highest BCUT2D eigenvalue weighted by Crippen LogP contribution is 2.00. The third kappa shape index (κ3) is 5.76. The van der Waals surface area contributed by atoms with Gasteiger partial charge in [-0.25, -0.2) is 0 Å². The van der Waals surface area contributed by atoms with Gasteiger partial charge in [-0.3, -0.25) is 14.4 Å². The van der Waals surface area contributed by atoms with E-state index in [0.717, 1.165) is 0 Å². The average Bonchev–Trinajstić information content (AvgIpc) is 2.13. The maximum absolute atomic E-state index is 11.3. The first-order chi connectivity index (χ1) is 6.84. The van der Waals surface area contributed by atoms with E-state index in [1.807, 2.05) is 0 Å². The molecule has 0 aliphatic rings. The molecule has 7 N–H and O–H groups in total. The second-order valence-corrected chi connectivity index (χ2v) is 3.22. The Morgan fingerprint density at radius 2 is 1.67 bits per heavy atom. The SMILES string of the molecule is NC(=O)[C@H](N)CC(=O)[C@@H](N)CCC(=O)O. The van der Waals surface area contributed by atoms with Crippen molar-refractivity contribution in [3.63, 3.8) is 0 Å². The van der Waals surface area contributed by atoms with Gasteiger partial charge in [0, 0.05) is 12.8 Å². The molecule has 0 aromatic rings. The topological polar surface area (TPSA) is 150 Å². The lowest BCUT2D eigenvalue weighted by Gasteiger charge is -2.11. The zero-order valence-corrected chi connectivity index (χ0v) is 8.18. The number of rotatable bonds is 7. The number of carbonyl (C=O) groups excluding carboxylic acids is 2. The van der Waals surface area contributed by atoms with Crippen LogP contribution in [0.3, 0.4) is 0 Å². The fourth-order valence-electron chi connectivity index (χ4n) is 0.909. The number of carbonyl (C=O) groups is 3. The van der Waals surface area contributed by atoms with Crippen LogP contribution in [0.15, 0.2) is 0 Å². The molecule has 0 aromatic heterocycles. The summed E-state index contributed by atoms with van der Waals surface area (Å²) < 4.78 is 0. The Morgan fingerprint density at radius 3 is 2.07 bits per heavy atom. The fourth-order valence-corrected chi connectivity index (χ4v) is 0.909. The monoisotopic (exact) mass is 217 g/mol. The van der Waals surface area contributed by atoms with Gasteiger partial charge in [0.25, 0.3) is 0 Å². The predicted octanol–water partition coefficient (Wildman–Crippen LogP) is -2.05. The maximum Gasteiger partial charge on any atom is 0.303 e. The van der Waals surface area contributed by atoms with Crippen LogP contribution in [0.25, 0.3) is 0 Å². The number of carboxylic acids is 1. The molecule has 0 bridgehead atoms. The van der Waals surface area contributed by atoms with Crippen LogP contribution in [-0.2, 0) is 14.4 Å². The Hall–Kier alpha value is -1.47. The number of nitrogens with two attached hydrogens (primary N) is 3. The number of amides is 1. The van der Waals surface area contributed by atoms with Crippen LogP contribution in [0.2, 0.25) is 0 Å². The van der Waals surface area contributed by atoms with Crippen molar-refractivity contribution >= 4 is 17.7 Å². The van der Waals surface area contributed by atoms with Crippen molar-refractivity contribution in [1.82, 2.24) is 0 Å². The molecule has 0 saturated heterocycles. The summed E-state index contributed by atoms with van der Waals surface area (Å²) >= 11 is 0. The molecule has 0 aromatic carbocycles. The molecule has 0 saturated carbocycles. The van der Waals surface area contributed by atoms with Crippen LogP contribution in [-0.4, -0.2) is 34.8 Å². The van der Waals surface area contributed by atoms with Gasteiger partial charge in [-0.15, -0.1) is 0 Å². The van der Waals surface area contributed by atoms with Crippen molar-refractivity contribution in [3.05, 3.63) is 0 Å². The van der Waals surface area contributed by atoms with Gasteiger partial charge < -0.3 is 22.3 Å². The summed E-state index contributed by atoms with van der Waals surface area (Å²) in [7, 11) is 0. The third-order valence-corrected chi connectivity index (χ3v) is 1.87. The van der Waals surface area contributed by atoms with Gasteiger partial charge in [-0.2, -0.15) is 0 Å². The van der Waals surface area contributed by atoms with Crippen LogP contribution in [0, 0.1) is 0 Å². The maximum atomic E-state index is 11.3. The van der Waals surface area contributed by atoms with E-state index in [2.05, 4.69) is 0 Å². The largest absolute Gasteiger partial charge is 0.481 e. The van der Waals surface area contributed by atoms with Gasteiger partial charge >= 0.3 is 5.97 Å². The predicted molar refractivity (Wildman–Crippen MR) is 51.6 cm³/mol. The number of Topliss-reactive ketones (excluding diaryl/α,β-unsaturated/α-hetero) is 1. The summed E-state index contributed by atoms with van der Waals surface area (Å²) in [5.41, 5.74) is 15.5. The minimum absolute atomic E-state index is 0.0274. The number of ketones is 1. The lowest BCUT2D eigenvalue weighted by Crippen LogP contribution is -2.42. The van der Waals surface area contributed by atoms with Crippen molar-refractivity contribution < 1.29 is 19.5 Å². The van der Waals surface area contributed by atoms with E-state index in [9.17, 15) is 14.4 Å². The molecular formula is C8H15N3O4. The van der Waals surface area contributed by atoms with Gasteiger partial charge in [0.05, 0.1) is 12.1 Å². The summed E-state index contributed by atoms with van der Waals surface area (Å²) in [6.45, 7) is 0. The first-order valence-corrected chi connectivity index (χ1v) is 4.39. The fraction of sp³-hybridized carbons (Fsp3) is 0.625. The molecule has 0 unspecified atom stereocenters. The van der Waals surface area contributed by atoms with Crippen molar-refractivity contribution in [2.75, 3.05) is 0 Å². The van der Waals surface area contributed by atoms with Gasteiger partial charge in [0.1, 0.15) is 0 Å². The number of primary amides is 1. The normalized spacial score (nSPS) is 14.3.